The molecule has 2 aromatic rings. The summed E-state index contributed by atoms with van der Waals surface area (Å²) in [6.45, 7) is 2.73. The molecule has 0 spiro atoms. The van der Waals surface area contributed by atoms with Crippen LogP contribution in [0.25, 0.3) is 10.9 Å². The van der Waals surface area contributed by atoms with E-state index in [-0.39, 0.29) is 11.1 Å². The molecule has 104 valence electrons. The van der Waals surface area contributed by atoms with Crippen LogP contribution in [0.1, 0.15) is 24.3 Å². The quantitative estimate of drug-likeness (QED) is 0.781. The van der Waals surface area contributed by atoms with Crippen molar-refractivity contribution in [1.29, 1.82) is 0 Å². The molecule has 0 radical (unpaired) electrons. The van der Waals surface area contributed by atoms with Gasteiger partial charge < -0.3 is 15.4 Å². The number of carboxylic acid groups (broad SMARTS) is 1. The average molecular weight is 274 g/mol. The molecular formula is C14H14N2O4. The Morgan fingerprint density at radius 2 is 1.90 bits per heavy atom. The number of carboxylic acids is 1. The Balaban J connectivity index is 2.41. The highest BCUT2D eigenvalue weighted by molar-refractivity contribution is 5.97. The summed E-state index contributed by atoms with van der Waals surface area (Å²) in [6, 6.07) is 7.95. The largest absolute Gasteiger partial charge is 0.480 e. The van der Waals surface area contributed by atoms with E-state index in [4.69, 9.17) is 5.11 Å². The summed E-state index contributed by atoms with van der Waals surface area (Å²) >= 11 is 0. The van der Waals surface area contributed by atoms with Crippen molar-refractivity contribution in [3.05, 3.63) is 46.2 Å². The first-order valence-electron chi connectivity index (χ1n) is 5.99. The lowest BCUT2D eigenvalue weighted by atomic mass is 10.1. The summed E-state index contributed by atoms with van der Waals surface area (Å²) < 4.78 is 0. The number of pyridine rings is 1. The lowest BCUT2D eigenvalue weighted by molar-refractivity contribution is -0.143. The molecule has 0 bridgehead atoms. The van der Waals surface area contributed by atoms with Gasteiger partial charge in [-0.25, -0.2) is 4.79 Å². The molecule has 6 nitrogen and oxygen atoms in total. The Kier molecular flexibility index (Phi) is 3.31. The minimum atomic E-state index is -1.42. The van der Waals surface area contributed by atoms with Gasteiger partial charge in [0.2, 0.25) is 0 Å². The molecule has 1 heterocycles. The minimum Gasteiger partial charge on any atom is -0.480 e. The molecular weight excluding hydrogens is 260 g/mol. The van der Waals surface area contributed by atoms with Gasteiger partial charge in [-0.05, 0) is 26.0 Å². The standard InChI is InChI=1S/C14H14N2O4/c1-14(2,13(19)20)16-12(18)10-7-11(17)8-5-3-4-6-9(8)15-10/h3-7H,1-2H3,(H,15,17)(H,16,18)(H,19,20). The first kappa shape index (κ1) is 13.8. The zero-order valence-corrected chi connectivity index (χ0v) is 11.1. The number of hydrogen-bond acceptors (Lipinski definition) is 3. The number of aromatic amines is 1. The molecule has 6 heteroatoms. The minimum absolute atomic E-state index is 0.0306. The molecule has 2 rings (SSSR count). The van der Waals surface area contributed by atoms with Crippen molar-refractivity contribution in [2.75, 3.05) is 0 Å². The van der Waals surface area contributed by atoms with Crippen LogP contribution >= 0.6 is 0 Å². The van der Waals surface area contributed by atoms with Crippen molar-refractivity contribution in [1.82, 2.24) is 10.3 Å². The van der Waals surface area contributed by atoms with Crippen LogP contribution in [-0.2, 0) is 4.79 Å². The van der Waals surface area contributed by atoms with Crippen LogP contribution in [0.2, 0.25) is 0 Å². The summed E-state index contributed by atoms with van der Waals surface area (Å²) in [5.41, 5.74) is -1.15. The maximum absolute atomic E-state index is 12.0. The molecule has 0 atom stereocenters. The van der Waals surface area contributed by atoms with Gasteiger partial charge in [-0.1, -0.05) is 12.1 Å². The van der Waals surface area contributed by atoms with Crippen LogP contribution in [0.4, 0.5) is 0 Å². The number of hydrogen-bond donors (Lipinski definition) is 3. The Morgan fingerprint density at radius 3 is 2.55 bits per heavy atom. The van der Waals surface area contributed by atoms with Gasteiger partial charge in [0.1, 0.15) is 11.2 Å². The van der Waals surface area contributed by atoms with Gasteiger partial charge in [-0.3, -0.25) is 9.59 Å². The van der Waals surface area contributed by atoms with E-state index in [0.717, 1.165) is 6.07 Å². The van der Waals surface area contributed by atoms with Crippen LogP contribution in [-0.4, -0.2) is 27.5 Å². The molecule has 0 aliphatic carbocycles. The van der Waals surface area contributed by atoms with Gasteiger partial charge in [0.25, 0.3) is 5.91 Å². The number of amides is 1. The predicted molar refractivity (Wildman–Crippen MR) is 73.7 cm³/mol. The van der Waals surface area contributed by atoms with E-state index in [0.29, 0.717) is 10.9 Å². The maximum Gasteiger partial charge on any atom is 0.328 e. The molecule has 1 aromatic carbocycles. The molecule has 3 N–H and O–H groups in total. The van der Waals surface area contributed by atoms with Gasteiger partial charge in [-0.15, -0.1) is 0 Å². The van der Waals surface area contributed by atoms with Gasteiger partial charge in [-0.2, -0.15) is 0 Å². The van der Waals surface area contributed by atoms with Gasteiger partial charge in [0.15, 0.2) is 5.43 Å². The first-order chi connectivity index (χ1) is 9.31. The highest BCUT2D eigenvalue weighted by atomic mass is 16.4. The van der Waals surface area contributed by atoms with Crippen molar-refractivity contribution < 1.29 is 14.7 Å². The number of aliphatic carboxylic acids is 1. The van der Waals surface area contributed by atoms with Crippen molar-refractivity contribution in [3.8, 4) is 0 Å². The third-order valence-electron chi connectivity index (χ3n) is 2.94. The Labute approximate surface area is 114 Å². The molecule has 1 amide bonds. The number of benzene rings is 1. The van der Waals surface area contributed by atoms with Gasteiger partial charge in [0.05, 0.1) is 0 Å². The molecule has 1 aromatic heterocycles. The topological polar surface area (TPSA) is 99.3 Å². The van der Waals surface area contributed by atoms with Crippen molar-refractivity contribution in [3.63, 3.8) is 0 Å². The fraction of sp³-hybridized carbons (Fsp3) is 0.214. The SMILES string of the molecule is CC(C)(NC(=O)c1cc(=O)c2ccccc2[nH]1)C(=O)O. The van der Waals surface area contributed by atoms with E-state index >= 15 is 0 Å². The summed E-state index contributed by atoms with van der Waals surface area (Å²) in [5, 5.41) is 11.8. The smallest absolute Gasteiger partial charge is 0.328 e. The van der Waals surface area contributed by atoms with Crippen LogP contribution in [0.5, 0.6) is 0 Å². The van der Waals surface area contributed by atoms with E-state index in [1.807, 2.05) is 0 Å². The van der Waals surface area contributed by atoms with Crippen LogP contribution in [0.3, 0.4) is 0 Å². The van der Waals surface area contributed by atoms with Gasteiger partial charge >= 0.3 is 5.97 Å². The molecule has 0 aliphatic rings. The Morgan fingerprint density at radius 1 is 1.25 bits per heavy atom. The number of aromatic nitrogens is 1. The predicted octanol–water partition coefficient (Wildman–Crippen LogP) is 1.12. The molecule has 0 saturated heterocycles. The van der Waals surface area contributed by atoms with E-state index in [1.165, 1.54) is 13.8 Å². The Bertz CT molecular complexity index is 746. The van der Waals surface area contributed by atoms with E-state index < -0.39 is 17.4 Å². The zero-order valence-electron chi connectivity index (χ0n) is 11.1. The number of rotatable bonds is 3. The normalized spacial score (nSPS) is 11.3. The molecule has 0 saturated carbocycles. The van der Waals surface area contributed by atoms with Gasteiger partial charge in [0, 0.05) is 17.0 Å². The third-order valence-corrected chi connectivity index (χ3v) is 2.94. The highest BCUT2D eigenvalue weighted by Gasteiger charge is 2.29. The van der Waals surface area contributed by atoms with Crippen molar-refractivity contribution in [2.24, 2.45) is 0 Å². The maximum atomic E-state index is 12.0. The summed E-state index contributed by atoms with van der Waals surface area (Å²) in [4.78, 5) is 37.7. The zero-order chi connectivity index (χ0) is 14.9. The molecule has 0 unspecified atom stereocenters. The van der Waals surface area contributed by atoms with E-state index in [9.17, 15) is 14.4 Å². The van der Waals surface area contributed by atoms with E-state index in [2.05, 4.69) is 10.3 Å². The number of para-hydroxylation sites is 1. The van der Waals surface area contributed by atoms with Crippen LogP contribution in [0, 0.1) is 0 Å². The number of carbonyl (C=O) groups is 2. The molecule has 20 heavy (non-hydrogen) atoms. The fourth-order valence-electron chi connectivity index (χ4n) is 1.72. The lowest BCUT2D eigenvalue weighted by Gasteiger charge is -2.20. The molecule has 0 aliphatic heterocycles. The number of carbonyl (C=O) groups excluding carboxylic acids is 1. The Hall–Kier alpha value is -2.63. The van der Waals surface area contributed by atoms with Crippen molar-refractivity contribution >= 4 is 22.8 Å². The fourth-order valence-corrected chi connectivity index (χ4v) is 1.72. The third kappa shape index (κ3) is 2.54. The first-order valence-corrected chi connectivity index (χ1v) is 5.99. The van der Waals surface area contributed by atoms with Crippen LogP contribution < -0.4 is 10.7 Å². The van der Waals surface area contributed by atoms with E-state index in [1.54, 1.807) is 24.3 Å². The second kappa shape index (κ2) is 4.80. The summed E-state index contributed by atoms with van der Waals surface area (Å²) in [6.07, 6.45) is 0. The average Bonchev–Trinajstić information content (AvgIpc) is 2.38. The van der Waals surface area contributed by atoms with Crippen molar-refractivity contribution in [2.45, 2.75) is 19.4 Å². The molecule has 0 fully saturated rings. The summed E-state index contributed by atoms with van der Waals surface area (Å²) in [5.74, 6) is -1.80. The number of nitrogens with one attached hydrogen (secondary N) is 2. The number of H-pyrrole nitrogens is 1. The lowest BCUT2D eigenvalue weighted by Crippen LogP contribution is -2.50. The second-order valence-corrected chi connectivity index (χ2v) is 4.98. The highest BCUT2D eigenvalue weighted by Crippen LogP contribution is 2.09. The monoisotopic (exact) mass is 274 g/mol. The second-order valence-electron chi connectivity index (χ2n) is 4.98. The summed E-state index contributed by atoms with van der Waals surface area (Å²) in [7, 11) is 0. The van der Waals surface area contributed by atoms with Crippen LogP contribution in [0.15, 0.2) is 35.1 Å². The number of fused-ring (bicyclic) bond motifs is 1.